The highest BCUT2D eigenvalue weighted by atomic mass is 16.5. The van der Waals surface area contributed by atoms with Crippen LogP contribution in [0, 0.1) is 0 Å². The summed E-state index contributed by atoms with van der Waals surface area (Å²) >= 11 is 0. The van der Waals surface area contributed by atoms with Gasteiger partial charge in [-0.05, 0) is 12.2 Å². The highest BCUT2D eigenvalue weighted by Gasteiger charge is 2.37. The fraction of sp³-hybridized carbons (Fsp3) is 0.167. The van der Waals surface area contributed by atoms with Gasteiger partial charge in [0.1, 0.15) is 5.70 Å². The molecule has 17 heavy (non-hydrogen) atoms. The third-order valence-electron chi connectivity index (χ3n) is 3.05. The average Bonchev–Trinajstić information content (AvgIpc) is 2.35. The molecule has 2 aliphatic carbocycles. The zero-order valence-electron chi connectivity index (χ0n) is 8.83. The smallest absolute Gasteiger partial charge is 0.250 e. The van der Waals surface area contributed by atoms with Gasteiger partial charge < -0.3 is 5.32 Å². The number of hydroxylamine groups is 2. The molecule has 0 bridgehead atoms. The minimum absolute atomic E-state index is 0.168. The maximum absolute atomic E-state index is 11.7. The third-order valence-corrected chi connectivity index (χ3v) is 3.05. The fourth-order valence-corrected chi connectivity index (χ4v) is 2.17. The van der Waals surface area contributed by atoms with Crippen molar-refractivity contribution in [1.82, 2.24) is 10.4 Å². The van der Waals surface area contributed by atoms with E-state index in [2.05, 4.69) is 5.32 Å². The summed E-state index contributed by atoms with van der Waals surface area (Å²) in [7, 11) is 0. The first-order valence-corrected chi connectivity index (χ1v) is 5.29. The molecule has 0 amide bonds. The molecule has 0 radical (unpaired) electrons. The van der Waals surface area contributed by atoms with Crippen LogP contribution in [0.25, 0.3) is 0 Å². The monoisotopic (exact) mass is 230 g/mol. The summed E-state index contributed by atoms with van der Waals surface area (Å²) in [6.07, 6.45) is 9.96. The maximum Gasteiger partial charge on any atom is 0.250 e. The summed E-state index contributed by atoms with van der Waals surface area (Å²) in [5.74, 6) is -1.18. The first kappa shape index (κ1) is 10.0. The quantitative estimate of drug-likeness (QED) is 0.455. The van der Waals surface area contributed by atoms with Gasteiger partial charge in [0.2, 0.25) is 5.78 Å². The number of nitrogens with one attached hydrogen (secondary N) is 1. The van der Waals surface area contributed by atoms with E-state index >= 15 is 0 Å². The Bertz CT molecular complexity index is 528. The lowest BCUT2D eigenvalue weighted by molar-refractivity contribution is -0.133. The van der Waals surface area contributed by atoms with Gasteiger partial charge in [-0.3, -0.25) is 14.8 Å². The molecule has 0 aromatic heterocycles. The van der Waals surface area contributed by atoms with Crippen LogP contribution in [0.15, 0.2) is 47.9 Å². The van der Waals surface area contributed by atoms with Crippen molar-refractivity contribution >= 4 is 11.6 Å². The summed E-state index contributed by atoms with van der Waals surface area (Å²) < 4.78 is 0. The van der Waals surface area contributed by atoms with Crippen LogP contribution in [0.2, 0.25) is 0 Å². The van der Waals surface area contributed by atoms with Gasteiger partial charge in [-0.15, -0.1) is 0 Å². The Balaban J connectivity index is 2.06. The van der Waals surface area contributed by atoms with Crippen LogP contribution in [-0.2, 0) is 9.59 Å². The van der Waals surface area contributed by atoms with Crippen molar-refractivity contribution in [2.45, 2.75) is 12.1 Å². The van der Waals surface area contributed by atoms with Crippen molar-refractivity contribution in [1.29, 1.82) is 0 Å². The second-order valence-corrected chi connectivity index (χ2v) is 4.06. The van der Waals surface area contributed by atoms with Gasteiger partial charge >= 0.3 is 0 Å². The van der Waals surface area contributed by atoms with Crippen molar-refractivity contribution in [2.24, 2.45) is 0 Å². The van der Waals surface area contributed by atoms with Gasteiger partial charge in [-0.25, -0.2) is 5.06 Å². The van der Waals surface area contributed by atoms with Gasteiger partial charge in [0, 0.05) is 0 Å². The Morgan fingerprint density at radius 2 is 1.94 bits per heavy atom. The zero-order chi connectivity index (χ0) is 12.0. The lowest BCUT2D eigenvalue weighted by Crippen LogP contribution is -2.54. The minimum Gasteiger partial charge on any atom is -0.371 e. The molecule has 5 heteroatoms. The van der Waals surface area contributed by atoms with Crippen molar-refractivity contribution in [3.8, 4) is 0 Å². The molecule has 1 heterocycles. The van der Waals surface area contributed by atoms with Gasteiger partial charge in [0.15, 0.2) is 0 Å². The lowest BCUT2D eigenvalue weighted by Gasteiger charge is -2.40. The molecule has 86 valence electrons. The number of allylic oxidation sites excluding steroid dienone is 5. The van der Waals surface area contributed by atoms with Crippen LogP contribution >= 0.6 is 0 Å². The van der Waals surface area contributed by atoms with E-state index in [0.717, 1.165) is 5.06 Å². The molecule has 1 aliphatic heterocycles. The largest absolute Gasteiger partial charge is 0.371 e. The number of Topliss-reactive ketones (excluding diaryl/α,β-unsaturated/α-hetero) is 1. The second kappa shape index (κ2) is 3.43. The van der Waals surface area contributed by atoms with E-state index in [1.54, 1.807) is 0 Å². The van der Waals surface area contributed by atoms with Crippen molar-refractivity contribution < 1.29 is 14.8 Å². The number of fused-ring (bicyclic) bond motifs is 1. The maximum atomic E-state index is 11.7. The van der Waals surface area contributed by atoms with Crippen LogP contribution in [0.3, 0.4) is 0 Å². The Hall–Kier alpha value is -2.14. The summed E-state index contributed by atoms with van der Waals surface area (Å²) in [6.45, 7) is 0. The Morgan fingerprint density at radius 1 is 1.18 bits per heavy atom. The molecule has 0 saturated carbocycles. The molecule has 0 aromatic carbocycles. The van der Waals surface area contributed by atoms with Crippen molar-refractivity contribution in [2.75, 3.05) is 0 Å². The SMILES string of the molecule is O=C1C=CC2=C(NC3C=CC=CC3N2O)C1=O. The summed E-state index contributed by atoms with van der Waals surface area (Å²) in [6, 6.07) is -0.462. The van der Waals surface area contributed by atoms with E-state index in [9.17, 15) is 14.8 Å². The van der Waals surface area contributed by atoms with Gasteiger partial charge in [-0.2, -0.15) is 0 Å². The Morgan fingerprint density at radius 3 is 2.76 bits per heavy atom. The van der Waals surface area contributed by atoms with E-state index in [4.69, 9.17) is 0 Å². The molecule has 2 atom stereocenters. The van der Waals surface area contributed by atoms with E-state index in [-0.39, 0.29) is 17.8 Å². The number of carbonyl (C=O) groups is 2. The van der Waals surface area contributed by atoms with E-state index in [1.165, 1.54) is 12.2 Å². The van der Waals surface area contributed by atoms with Crippen LogP contribution in [0.4, 0.5) is 0 Å². The molecular formula is C12H10N2O3. The molecule has 3 rings (SSSR count). The molecule has 0 spiro atoms. The van der Waals surface area contributed by atoms with Crippen LogP contribution in [0.5, 0.6) is 0 Å². The average molecular weight is 230 g/mol. The number of nitrogens with zero attached hydrogens (tertiary/aromatic N) is 1. The number of rotatable bonds is 0. The van der Waals surface area contributed by atoms with E-state index in [1.807, 2.05) is 24.3 Å². The molecule has 2 unspecified atom stereocenters. The Kier molecular flexibility index (Phi) is 2.02. The summed E-state index contributed by atoms with van der Waals surface area (Å²) in [5.41, 5.74) is 0.511. The highest BCUT2D eigenvalue weighted by molar-refractivity contribution is 6.48. The zero-order valence-corrected chi connectivity index (χ0v) is 8.83. The van der Waals surface area contributed by atoms with E-state index < -0.39 is 11.6 Å². The highest BCUT2D eigenvalue weighted by Crippen LogP contribution is 2.26. The van der Waals surface area contributed by atoms with Crippen LogP contribution in [0.1, 0.15) is 0 Å². The molecule has 2 N–H and O–H groups in total. The first-order valence-electron chi connectivity index (χ1n) is 5.29. The van der Waals surface area contributed by atoms with Gasteiger partial charge in [0.25, 0.3) is 5.78 Å². The second-order valence-electron chi connectivity index (χ2n) is 4.06. The number of hydrogen-bond acceptors (Lipinski definition) is 5. The predicted octanol–water partition coefficient (Wildman–Crippen LogP) is 0.0636. The molecule has 3 aliphatic rings. The Labute approximate surface area is 97.4 Å². The van der Waals surface area contributed by atoms with E-state index in [0.29, 0.717) is 5.70 Å². The standard InChI is InChI=1S/C12H10N2O3/c15-10-6-5-9-11(12(10)16)13-7-3-1-2-4-8(7)14(9)17/h1-8,13,17H. The fourth-order valence-electron chi connectivity index (χ4n) is 2.17. The number of hydrogen-bond donors (Lipinski definition) is 2. The van der Waals surface area contributed by atoms with Crippen molar-refractivity contribution in [3.63, 3.8) is 0 Å². The topological polar surface area (TPSA) is 69.6 Å². The first-order chi connectivity index (χ1) is 8.18. The molecule has 0 fully saturated rings. The third kappa shape index (κ3) is 1.36. The molecule has 5 nitrogen and oxygen atoms in total. The molecule has 0 saturated heterocycles. The van der Waals surface area contributed by atoms with Crippen molar-refractivity contribution in [3.05, 3.63) is 47.9 Å². The van der Waals surface area contributed by atoms with Crippen LogP contribution < -0.4 is 5.32 Å². The van der Waals surface area contributed by atoms with Gasteiger partial charge in [-0.1, -0.05) is 24.3 Å². The summed E-state index contributed by atoms with van der Waals surface area (Å²) in [5, 5.41) is 14.1. The van der Waals surface area contributed by atoms with Gasteiger partial charge in [0.05, 0.1) is 17.8 Å². The van der Waals surface area contributed by atoms with Crippen LogP contribution in [-0.4, -0.2) is 33.9 Å². The number of carbonyl (C=O) groups excluding carboxylic acids is 2. The predicted molar refractivity (Wildman–Crippen MR) is 58.8 cm³/mol. The molecule has 0 aromatic rings. The summed E-state index contributed by atoms with van der Waals surface area (Å²) in [4.78, 5) is 23.0. The minimum atomic E-state index is -0.608. The normalized spacial score (nSPS) is 30.3. The lowest BCUT2D eigenvalue weighted by atomic mass is 9.94. The molecular weight excluding hydrogens is 220 g/mol. The number of ketones is 2.